The molecule has 2 aliphatic heterocycles. The van der Waals surface area contributed by atoms with Gasteiger partial charge in [-0.05, 0) is 49.1 Å². The summed E-state index contributed by atoms with van der Waals surface area (Å²) in [6.45, 7) is 2.46. The highest BCUT2D eigenvalue weighted by atomic mass is 35.5. The highest BCUT2D eigenvalue weighted by molar-refractivity contribution is 7.90. The Morgan fingerprint density at radius 3 is 2.73 bits per heavy atom. The second-order valence-electron chi connectivity index (χ2n) is 10.3. The van der Waals surface area contributed by atoms with E-state index < -0.39 is 22.0 Å². The van der Waals surface area contributed by atoms with Crippen molar-refractivity contribution in [3.8, 4) is 0 Å². The summed E-state index contributed by atoms with van der Waals surface area (Å²) in [4.78, 5) is 34.7. The normalized spacial score (nSPS) is 18.4. The van der Waals surface area contributed by atoms with E-state index in [1.54, 1.807) is 21.9 Å². The number of anilines is 1. The van der Waals surface area contributed by atoms with E-state index in [1.165, 1.54) is 6.26 Å². The number of halogens is 1. The summed E-state index contributed by atoms with van der Waals surface area (Å²) in [6.07, 6.45) is 1.86. The molecule has 2 aliphatic rings. The SMILES string of the molecule is CS(=O)(=O)CCCn1c(CN2C(=O)C[C@@H](OC(=O)N3CCOCC3)CCc3ccccc32)nc2cc(Cl)ccc21. The predicted octanol–water partition coefficient (Wildman–Crippen LogP) is 3.83. The molecule has 0 bridgehead atoms. The molecule has 0 saturated carbocycles. The Kier molecular flexibility index (Phi) is 8.62. The van der Waals surface area contributed by atoms with Crippen molar-refractivity contribution in [3.05, 3.63) is 58.9 Å². The van der Waals surface area contributed by atoms with Gasteiger partial charge < -0.3 is 23.8 Å². The van der Waals surface area contributed by atoms with Gasteiger partial charge in [0.1, 0.15) is 21.8 Å². The molecule has 0 aliphatic carbocycles. The molecule has 3 aromatic rings. The van der Waals surface area contributed by atoms with Crippen LogP contribution in [0.25, 0.3) is 11.0 Å². The van der Waals surface area contributed by atoms with E-state index in [9.17, 15) is 18.0 Å². The van der Waals surface area contributed by atoms with Gasteiger partial charge in [0.15, 0.2) is 0 Å². The highest BCUT2D eigenvalue weighted by Gasteiger charge is 2.30. The van der Waals surface area contributed by atoms with Crippen LogP contribution in [0.1, 0.15) is 30.7 Å². The summed E-state index contributed by atoms with van der Waals surface area (Å²) >= 11 is 6.23. The van der Waals surface area contributed by atoms with Crippen molar-refractivity contribution >= 4 is 50.2 Å². The summed E-state index contributed by atoms with van der Waals surface area (Å²) in [6, 6.07) is 13.1. The molecule has 214 valence electrons. The van der Waals surface area contributed by atoms with E-state index >= 15 is 0 Å². The lowest BCUT2D eigenvalue weighted by Crippen LogP contribution is -2.43. The average molecular weight is 589 g/mol. The molecule has 1 saturated heterocycles. The number of ether oxygens (including phenoxy) is 2. The van der Waals surface area contributed by atoms with Gasteiger partial charge in [0, 0.05) is 36.6 Å². The number of hydrogen-bond acceptors (Lipinski definition) is 7. The Bertz CT molecular complexity index is 1500. The maximum absolute atomic E-state index is 13.8. The number of morpholine rings is 1. The van der Waals surface area contributed by atoms with E-state index in [4.69, 9.17) is 26.1 Å². The van der Waals surface area contributed by atoms with Gasteiger partial charge in [0.05, 0.1) is 43.0 Å². The number of imidazole rings is 1. The number of sulfone groups is 1. The molecule has 0 radical (unpaired) electrons. The predicted molar refractivity (Wildman–Crippen MR) is 152 cm³/mol. The molecule has 1 aromatic heterocycles. The Balaban J connectivity index is 1.43. The monoisotopic (exact) mass is 588 g/mol. The van der Waals surface area contributed by atoms with Crippen LogP contribution in [0.4, 0.5) is 10.5 Å². The number of aryl methyl sites for hydroxylation is 2. The Morgan fingerprint density at radius 1 is 1.18 bits per heavy atom. The number of nitrogens with zero attached hydrogens (tertiary/aromatic N) is 4. The van der Waals surface area contributed by atoms with Gasteiger partial charge >= 0.3 is 6.09 Å². The van der Waals surface area contributed by atoms with E-state index in [0.29, 0.717) is 68.5 Å². The number of carbonyl (C=O) groups excluding carboxylic acids is 2. The number of amides is 2. The van der Waals surface area contributed by atoms with Crippen molar-refractivity contribution in [2.24, 2.45) is 0 Å². The van der Waals surface area contributed by atoms with Gasteiger partial charge in [-0.25, -0.2) is 18.2 Å². The average Bonchev–Trinajstić information content (AvgIpc) is 3.25. The van der Waals surface area contributed by atoms with Gasteiger partial charge in [-0.1, -0.05) is 29.8 Å². The molecule has 2 aromatic carbocycles. The molecule has 3 heterocycles. The molecule has 10 nitrogen and oxygen atoms in total. The fourth-order valence-electron chi connectivity index (χ4n) is 5.23. The molecule has 0 unspecified atom stereocenters. The molecule has 1 atom stereocenters. The van der Waals surface area contributed by atoms with Gasteiger partial charge in [-0.3, -0.25) is 4.79 Å². The molecule has 1 fully saturated rings. The van der Waals surface area contributed by atoms with Crippen molar-refractivity contribution < 1.29 is 27.5 Å². The van der Waals surface area contributed by atoms with Crippen molar-refractivity contribution in [1.29, 1.82) is 0 Å². The van der Waals surface area contributed by atoms with Crippen LogP contribution in [0, 0.1) is 0 Å². The molecular weight excluding hydrogens is 556 g/mol. The van der Waals surface area contributed by atoms with Crippen molar-refractivity contribution in [2.75, 3.05) is 43.2 Å². The zero-order valence-corrected chi connectivity index (χ0v) is 24.0. The zero-order chi connectivity index (χ0) is 28.3. The third-order valence-electron chi connectivity index (χ3n) is 7.24. The Morgan fingerprint density at radius 2 is 1.95 bits per heavy atom. The van der Waals surface area contributed by atoms with E-state index in [1.807, 2.05) is 34.9 Å². The summed E-state index contributed by atoms with van der Waals surface area (Å²) in [5.74, 6) is 0.484. The maximum Gasteiger partial charge on any atom is 0.410 e. The van der Waals surface area contributed by atoms with Crippen LogP contribution in [0.3, 0.4) is 0 Å². The first-order valence-electron chi connectivity index (χ1n) is 13.4. The Hall–Kier alpha value is -3.15. The molecule has 40 heavy (non-hydrogen) atoms. The third-order valence-corrected chi connectivity index (χ3v) is 8.51. The van der Waals surface area contributed by atoms with Crippen LogP contribution in [0.5, 0.6) is 0 Å². The fourth-order valence-corrected chi connectivity index (χ4v) is 6.05. The molecule has 0 N–H and O–H groups in total. The number of rotatable bonds is 7. The van der Waals surface area contributed by atoms with Crippen molar-refractivity contribution in [1.82, 2.24) is 14.5 Å². The molecule has 5 rings (SSSR count). The first-order chi connectivity index (χ1) is 19.2. The molecule has 12 heteroatoms. The van der Waals surface area contributed by atoms with Gasteiger partial charge in [-0.15, -0.1) is 0 Å². The first kappa shape index (κ1) is 28.4. The van der Waals surface area contributed by atoms with Gasteiger partial charge in [0.2, 0.25) is 5.91 Å². The zero-order valence-electron chi connectivity index (χ0n) is 22.4. The quantitative estimate of drug-likeness (QED) is 0.412. The standard InChI is InChI=1S/C28H33ClN4O6S/c1-40(36,37)16-4-11-32-25-10-8-21(29)17-23(25)30-26(32)19-33-24-6-3-2-5-20(24)7-9-22(18-27(33)34)39-28(35)31-12-14-38-15-13-31/h2-3,5-6,8,10,17,22H,4,7,9,11-16,18-19H2,1H3/t22-/m0/s1. The summed E-state index contributed by atoms with van der Waals surface area (Å²) < 4.78 is 36.7. The van der Waals surface area contributed by atoms with Crippen LogP contribution < -0.4 is 4.90 Å². The largest absolute Gasteiger partial charge is 0.446 e. The topological polar surface area (TPSA) is 111 Å². The minimum atomic E-state index is -3.13. The van der Waals surface area contributed by atoms with Crippen LogP contribution in [-0.4, -0.2) is 79.3 Å². The molecular formula is C28H33ClN4O6S. The number of benzene rings is 2. The second kappa shape index (κ2) is 12.2. The van der Waals surface area contributed by atoms with Crippen molar-refractivity contribution in [2.45, 2.75) is 44.9 Å². The van der Waals surface area contributed by atoms with Crippen LogP contribution in [-0.2, 0) is 43.6 Å². The second-order valence-corrected chi connectivity index (χ2v) is 12.9. The van der Waals surface area contributed by atoms with E-state index in [-0.39, 0.29) is 24.6 Å². The lowest BCUT2D eigenvalue weighted by Gasteiger charge is -2.32. The Labute approximate surface area is 238 Å². The number of carbonyl (C=O) groups is 2. The lowest BCUT2D eigenvalue weighted by molar-refractivity contribution is -0.121. The highest BCUT2D eigenvalue weighted by Crippen LogP contribution is 2.30. The summed E-state index contributed by atoms with van der Waals surface area (Å²) in [7, 11) is -3.13. The smallest absolute Gasteiger partial charge is 0.410 e. The number of fused-ring (bicyclic) bond motifs is 2. The van der Waals surface area contributed by atoms with Crippen LogP contribution >= 0.6 is 11.6 Å². The number of para-hydroxylation sites is 1. The third kappa shape index (κ3) is 6.76. The summed E-state index contributed by atoms with van der Waals surface area (Å²) in [5, 5.41) is 0.539. The minimum absolute atomic E-state index is 0.0430. The van der Waals surface area contributed by atoms with Crippen LogP contribution in [0.15, 0.2) is 42.5 Å². The van der Waals surface area contributed by atoms with E-state index in [2.05, 4.69) is 0 Å². The maximum atomic E-state index is 13.8. The van der Waals surface area contributed by atoms with Crippen LogP contribution in [0.2, 0.25) is 5.02 Å². The van der Waals surface area contributed by atoms with Gasteiger partial charge in [0.25, 0.3) is 0 Å². The van der Waals surface area contributed by atoms with Crippen molar-refractivity contribution in [3.63, 3.8) is 0 Å². The molecule has 0 spiro atoms. The number of hydrogen-bond donors (Lipinski definition) is 0. The molecule has 2 amide bonds. The lowest BCUT2D eigenvalue weighted by atomic mass is 9.99. The summed E-state index contributed by atoms with van der Waals surface area (Å²) in [5.41, 5.74) is 3.26. The number of aromatic nitrogens is 2. The van der Waals surface area contributed by atoms with E-state index in [0.717, 1.165) is 16.8 Å². The van der Waals surface area contributed by atoms with Gasteiger partial charge in [-0.2, -0.15) is 0 Å². The fraction of sp³-hybridized carbons (Fsp3) is 0.464. The first-order valence-corrected chi connectivity index (χ1v) is 15.9. The minimum Gasteiger partial charge on any atom is -0.446 e.